The van der Waals surface area contributed by atoms with Gasteiger partial charge >= 0.3 is 0 Å². The van der Waals surface area contributed by atoms with Crippen LogP contribution >= 0.6 is 11.6 Å². The number of nitrogens with zero attached hydrogens (tertiary/aromatic N) is 2. The molecule has 0 spiro atoms. The van der Waals surface area contributed by atoms with Crippen molar-refractivity contribution < 1.29 is 0 Å². The summed E-state index contributed by atoms with van der Waals surface area (Å²) in [5.41, 5.74) is 0.902. The number of anilines is 1. The van der Waals surface area contributed by atoms with Crippen LogP contribution in [0.2, 0.25) is 5.02 Å². The molecule has 0 atom stereocenters. The number of aromatic nitrogens is 1. The Bertz CT molecular complexity index is 315. The monoisotopic (exact) mass is 227 g/mol. The molecule has 1 heterocycles. The maximum atomic E-state index is 6.04. The highest BCUT2D eigenvalue weighted by Gasteiger charge is 2.05. The molecule has 84 valence electrons. The maximum Gasteiger partial charge on any atom is 0.128 e. The van der Waals surface area contributed by atoms with Crippen molar-refractivity contribution in [1.29, 1.82) is 0 Å². The van der Waals surface area contributed by atoms with Gasteiger partial charge in [0.15, 0.2) is 0 Å². The van der Waals surface area contributed by atoms with Crippen LogP contribution in [0.25, 0.3) is 0 Å². The van der Waals surface area contributed by atoms with E-state index in [9.17, 15) is 0 Å². The molecule has 0 aliphatic carbocycles. The van der Waals surface area contributed by atoms with E-state index in [0.717, 1.165) is 29.5 Å². The first kappa shape index (κ1) is 12.3. The summed E-state index contributed by atoms with van der Waals surface area (Å²) in [6.45, 7) is 3.86. The second kappa shape index (κ2) is 5.93. The third kappa shape index (κ3) is 3.36. The fraction of sp³-hybridized carbons (Fsp3) is 0.545. The van der Waals surface area contributed by atoms with Gasteiger partial charge in [0.25, 0.3) is 0 Å². The first-order valence-corrected chi connectivity index (χ1v) is 5.58. The Morgan fingerprint density at radius 2 is 2.20 bits per heavy atom. The van der Waals surface area contributed by atoms with Crippen LogP contribution in [0, 0.1) is 0 Å². The molecule has 0 fully saturated rings. The zero-order chi connectivity index (χ0) is 11.3. The van der Waals surface area contributed by atoms with E-state index in [2.05, 4.69) is 22.1 Å². The molecule has 1 rings (SSSR count). The highest BCUT2D eigenvalue weighted by Crippen LogP contribution is 2.18. The molecule has 0 bridgehead atoms. The first-order chi connectivity index (χ1) is 7.19. The second-order valence-electron chi connectivity index (χ2n) is 3.55. The molecular formula is C11H18ClN3. The lowest BCUT2D eigenvalue weighted by atomic mass is 10.3. The number of pyridine rings is 1. The van der Waals surface area contributed by atoms with Crippen LogP contribution in [-0.2, 0) is 6.54 Å². The van der Waals surface area contributed by atoms with Gasteiger partial charge in [0.05, 0.1) is 10.7 Å². The van der Waals surface area contributed by atoms with Gasteiger partial charge < -0.3 is 10.2 Å². The third-order valence-corrected chi connectivity index (χ3v) is 2.54. The topological polar surface area (TPSA) is 28.2 Å². The van der Waals surface area contributed by atoms with Gasteiger partial charge in [-0.1, -0.05) is 18.5 Å². The van der Waals surface area contributed by atoms with Gasteiger partial charge in [-0.2, -0.15) is 0 Å². The number of nitrogens with one attached hydrogen (secondary N) is 1. The Balaban J connectivity index is 2.86. The SMILES string of the molecule is CCCN(C)c1ccc(Cl)c(CNC)n1. The molecule has 4 heteroatoms. The Morgan fingerprint density at radius 1 is 1.47 bits per heavy atom. The van der Waals surface area contributed by atoms with Crippen molar-refractivity contribution in [1.82, 2.24) is 10.3 Å². The molecule has 0 aliphatic heterocycles. The molecule has 0 aromatic carbocycles. The summed E-state index contributed by atoms with van der Waals surface area (Å²) in [6.07, 6.45) is 1.11. The summed E-state index contributed by atoms with van der Waals surface area (Å²) in [7, 11) is 3.93. The number of hydrogen-bond acceptors (Lipinski definition) is 3. The molecule has 15 heavy (non-hydrogen) atoms. The van der Waals surface area contributed by atoms with Crippen molar-refractivity contribution in [2.24, 2.45) is 0 Å². The maximum absolute atomic E-state index is 6.04. The van der Waals surface area contributed by atoms with E-state index in [1.807, 2.05) is 26.2 Å². The largest absolute Gasteiger partial charge is 0.360 e. The zero-order valence-electron chi connectivity index (χ0n) is 9.55. The Kier molecular flexibility index (Phi) is 4.85. The van der Waals surface area contributed by atoms with Crippen LogP contribution < -0.4 is 10.2 Å². The zero-order valence-corrected chi connectivity index (χ0v) is 10.3. The summed E-state index contributed by atoms with van der Waals surface area (Å²) < 4.78 is 0. The van der Waals surface area contributed by atoms with Crippen molar-refractivity contribution in [2.45, 2.75) is 19.9 Å². The highest BCUT2D eigenvalue weighted by molar-refractivity contribution is 6.31. The molecule has 0 radical (unpaired) electrons. The number of halogens is 1. The Hall–Kier alpha value is -0.800. The van der Waals surface area contributed by atoms with Crippen molar-refractivity contribution in [3.8, 4) is 0 Å². The van der Waals surface area contributed by atoms with Crippen LogP contribution in [0.4, 0.5) is 5.82 Å². The first-order valence-electron chi connectivity index (χ1n) is 5.20. The predicted molar refractivity (Wildman–Crippen MR) is 65.6 cm³/mol. The van der Waals surface area contributed by atoms with Gasteiger partial charge in [-0.15, -0.1) is 0 Å². The Morgan fingerprint density at radius 3 is 2.80 bits per heavy atom. The Labute approximate surface area is 96.5 Å². The standard InChI is InChI=1S/C11H18ClN3/c1-4-7-15(3)11-6-5-9(12)10(14-11)8-13-2/h5-6,13H,4,7-8H2,1-3H3. The van der Waals surface area contributed by atoms with E-state index in [1.54, 1.807) is 0 Å². The molecule has 0 aliphatic rings. The molecule has 1 aromatic heterocycles. The lowest BCUT2D eigenvalue weighted by molar-refractivity contribution is 0.778. The molecule has 0 saturated carbocycles. The van der Waals surface area contributed by atoms with Gasteiger partial charge in [-0.25, -0.2) is 4.98 Å². The van der Waals surface area contributed by atoms with Crippen LogP contribution in [0.1, 0.15) is 19.0 Å². The van der Waals surface area contributed by atoms with Crippen molar-refractivity contribution in [3.05, 3.63) is 22.8 Å². The molecule has 3 nitrogen and oxygen atoms in total. The quantitative estimate of drug-likeness (QED) is 0.837. The van der Waals surface area contributed by atoms with Gasteiger partial charge in [0, 0.05) is 20.1 Å². The summed E-state index contributed by atoms with van der Waals surface area (Å²) in [5, 5.41) is 3.78. The number of rotatable bonds is 5. The van der Waals surface area contributed by atoms with Gasteiger partial charge in [-0.05, 0) is 25.6 Å². The molecule has 0 saturated heterocycles. The van der Waals surface area contributed by atoms with Gasteiger partial charge in [0.1, 0.15) is 5.82 Å². The van der Waals surface area contributed by atoms with Crippen LogP contribution in [0.3, 0.4) is 0 Å². The van der Waals surface area contributed by atoms with Crippen LogP contribution in [0.5, 0.6) is 0 Å². The average molecular weight is 228 g/mol. The second-order valence-corrected chi connectivity index (χ2v) is 3.96. The van der Waals surface area contributed by atoms with Gasteiger partial charge in [0.2, 0.25) is 0 Å². The lowest BCUT2D eigenvalue weighted by Crippen LogP contribution is -2.20. The van der Waals surface area contributed by atoms with E-state index in [4.69, 9.17) is 11.6 Å². The summed E-state index contributed by atoms with van der Waals surface area (Å²) in [6, 6.07) is 3.86. The minimum atomic E-state index is 0.701. The lowest BCUT2D eigenvalue weighted by Gasteiger charge is -2.18. The van der Waals surface area contributed by atoms with Crippen molar-refractivity contribution in [2.75, 3.05) is 25.5 Å². The van der Waals surface area contributed by atoms with Crippen LogP contribution in [-0.4, -0.2) is 25.6 Å². The van der Waals surface area contributed by atoms with E-state index in [-0.39, 0.29) is 0 Å². The third-order valence-electron chi connectivity index (χ3n) is 2.20. The highest BCUT2D eigenvalue weighted by atomic mass is 35.5. The van der Waals surface area contributed by atoms with E-state index >= 15 is 0 Å². The molecule has 1 aromatic rings. The minimum Gasteiger partial charge on any atom is -0.360 e. The summed E-state index contributed by atoms with van der Waals surface area (Å²) in [5.74, 6) is 0.978. The molecule has 1 N–H and O–H groups in total. The van der Waals surface area contributed by atoms with E-state index in [1.165, 1.54) is 0 Å². The predicted octanol–water partition coefficient (Wildman–Crippen LogP) is 2.30. The molecule has 0 unspecified atom stereocenters. The molecular weight excluding hydrogens is 210 g/mol. The molecule has 0 amide bonds. The smallest absolute Gasteiger partial charge is 0.128 e. The van der Waals surface area contributed by atoms with Crippen molar-refractivity contribution in [3.63, 3.8) is 0 Å². The van der Waals surface area contributed by atoms with Crippen molar-refractivity contribution >= 4 is 17.4 Å². The fourth-order valence-electron chi connectivity index (χ4n) is 1.43. The summed E-state index contributed by atoms with van der Waals surface area (Å²) in [4.78, 5) is 6.65. The minimum absolute atomic E-state index is 0.701. The summed E-state index contributed by atoms with van der Waals surface area (Å²) >= 11 is 6.04. The van der Waals surface area contributed by atoms with E-state index < -0.39 is 0 Å². The van der Waals surface area contributed by atoms with Gasteiger partial charge in [-0.3, -0.25) is 0 Å². The van der Waals surface area contributed by atoms with Crippen LogP contribution in [0.15, 0.2) is 12.1 Å². The van der Waals surface area contributed by atoms with E-state index in [0.29, 0.717) is 6.54 Å². The fourth-order valence-corrected chi connectivity index (χ4v) is 1.60. The normalized spacial score (nSPS) is 10.4. The number of hydrogen-bond donors (Lipinski definition) is 1. The average Bonchev–Trinajstić information content (AvgIpc) is 2.22.